The van der Waals surface area contributed by atoms with Crippen molar-refractivity contribution >= 4 is 5.97 Å². The summed E-state index contributed by atoms with van der Waals surface area (Å²) in [5.41, 5.74) is 4.48. The average molecular weight is 240 g/mol. The van der Waals surface area contributed by atoms with E-state index in [4.69, 9.17) is 9.62 Å². The number of esters is 1. The lowest BCUT2D eigenvalue weighted by Gasteiger charge is -2.45. The van der Waals surface area contributed by atoms with Crippen molar-refractivity contribution in [3.05, 3.63) is 17.4 Å². The van der Waals surface area contributed by atoms with Gasteiger partial charge >= 0.3 is 5.97 Å². The highest BCUT2D eigenvalue weighted by Gasteiger charge is 2.43. The fourth-order valence-electron chi connectivity index (χ4n) is 1.88. The Morgan fingerprint density at radius 3 is 2.82 bits per heavy atom. The molecule has 0 aliphatic heterocycles. The van der Waals surface area contributed by atoms with Gasteiger partial charge in [-0.25, -0.2) is 9.78 Å². The molecular weight excluding hydrogens is 220 g/mol. The van der Waals surface area contributed by atoms with Gasteiger partial charge in [-0.3, -0.25) is 4.79 Å². The Bertz CT molecular complexity index is 337. The quantitative estimate of drug-likeness (QED) is 0.243. The monoisotopic (exact) mass is 240 g/mol. The summed E-state index contributed by atoms with van der Waals surface area (Å²) in [5, 5.41) is 0. The van der Waals surface area contributed by atoms with E-state index in [-0.39, 0.29) is 11.4 Å². The Kier molecular flexibility index (Phi) is 4.94. The summed E-state index contributed by atoms with van der Waals surface area (Å²) in [4.78, 5) is 19.9. The molecule has 0 spiro atoms. The zero-order chi connectivity index (χ0) is 12.9. The molecule has 1 aliphatic rings. The Balaban J connectivity index is 2.48. The van der Waals surface area contributed by atoms with Crippen LogP contribution in [0.2, 0.25) is 0 Å². The first-order chi connectivity index (χ1) is 7.98. The molecule has 0 aromatic rings. The average Bonchev–Trinajstić information content (AvgIpc) is 2.25. The predicted molar refractivity (Wildman–Crippen MR) is 63.1 cm³/mol. The maximum absolute atomic E-state index is 10.7. The van der Waals surface area contributed by atoms with E-state index < -0.39 is 0 Å². The SMILES string of the molecule is COOCC=C=C1CC(COC(C)=O)C1(C)C. The smallest absolute Gasteiger partial charge is 0.302 e. The number of hydrogen-bond donors (Lipinski definition) is 0. The van der Waals surface area contributed by atoms with E-state index in [1.54, 1.807) is 0 Å². The summed E-state index contributed by atoms with van der Waals surface area (Å²) in [5.74, 6) is 0.160. The van der Waals surface area contributed by atoms with Crippen molar-refractivity contribution in [3.8, 4) is 0 Å². The molecule has 0 saturated heterocycles. The molecular formula is C13H20O4. The minimum absolute atomic E-state index is 0.0407. The molecule has 0 heterocycles. The Hall–Kier alpha value is -1.09. The third-order valence-electron chi connectivity index (χ3n) is 3.28. The lowest BCUT2D eigenvalue weighted by molar-refractivity contribution is -0.263. The van der Waals surface area contributed by atoms with Crippen LogP contribution in [0, 0.1) is 11.3 Å². The van der Waals surface area contributed by atoms with Gasteiger partial charge in [0, 0.05) is 12.8 Å². The van der Waals surface area contributed by atoms with E-state index in [1.165, 1.54) is 19.6 Å². The van der Waals surface area contributed by atoms with Crippen molar-refractivity contribution in [2.45, 2.75) is 27.2 Å². The lowest BCUT2D eigenvalue weighted by Crippen LogP contribution is -2.40. The number of carbonyl (C=O) groups is 1. The van der Waals surface area contributed by atoms with Gasteiger partial charge in [0.1, 0.15) is 6.61 Å². The Morgan fingerprint density at radius 1 is 1.59 bits per heavy atom. The number of hydrogen-bond acceptors (Lipinski definition) is 4. The maximum Gasteiger partial charge on any atom is 0.302 e. The third-order valence-corrected chi connectivity index (χ3v) is 3.28. The van der Waals surface area contributed by atoms with E-state index in [0.29, 0.717) is 19.1 Å². The first-order valence-corrected chi connectivity index (χ1v) is 5.72. The van der Waals surface area contributed by atoms with Crippen LogP contribution in [0.4, 0.5) is 0 Å². The van der Waals surface area contributed by atoms with Gasteiger partial charge in [0.15, 0.2) is 0 Å². The summed E-state index contributed by atoms with van der Waals surface area (Å²) >= 11 is 0. The van der Waals surface area contributed by atoms with Crippen LogP contribution in [0.5, 0.6) is 0 Å². The van der Waals surface area contributed by atoms with E-state index in [2.05, 4.69) is 24.5 Å². The van der Waals surface area contributed by atoms with Crippen LogP contribution < -0.4 is 0 Å². The topological polar surface area (TPSA) is 44.8 Å². The van der Waals surface area contributed by atoms with Gasteiger partial charge in [0.25, 0.3) is 0 Å². The summed E-state index contributed by atoms with van der Waals surface area (Å²) in [6.45, 7) is 6.59. The lowest BCUT2D eigenvalue weighted by atomic mass is 9.59. The van der Waals surface area contributed by atoms with Crippen molar-refractivity contribution in [1.82, 2.24) is 0 Å². The Morgan fingerprint density at radius 2 is 2.29 bits per heavy atom. The van der Waals surface area contributed by atoms with Crippen LogP contribution in [0.25, 0.3) is 0 Å². The van der Waals surface area contributed by atoms with Crippen molar-refractivity contribution < 1.29 is 19.3 Å². The van der Waals surface area contributed by atoms with Gasteiger partial charge in [0.05, 0.1) is 13.7 Å². The minimum atomic E-state index is -0.220. The molecule has 1 unspecified atom stereocenters. The van der Waals surface area contributed by atoms with E-state index >= 15 is 0 Å². The van der Waals surface area contributed by atoms with E-state index in [0.717, 1.165) is 6.42 Å². The standard InChI is InChI=1S/C13H20O4/c1-10(14)16-9-12-8-11(13(12,2)3)6-5-7-17-15-4/h5,12H,7-9H2,1-4H3. The largest absolute Gasteiger partial charge is 0.466 e. The molecule has 0 aromatic heterocycles. The van der Waals surface area contributed by atoms with Crippen molar-refractivity contribution in [2.24, 2.45) is 11.3 Å². The van der Waals surface area contributed by atoms with Gasteiger partial charge in [-0.15, -0.1) is 5.73 Å². The van der Waals surface area contributed by atoms with Crippen LogP contribution >= 0.6 is 0 Å². The van der Waals surface area contributed by atoms with E-state index in [1.807, 2.05) is 6.08 Å². The highest BCUT2D eigenvalue weighted by atomic mass is 17.2. The van der Waals surface area contributed by atoms with Crippen LogP contribution in [-0.4, -0.2) is 26.3 Å². The van der Waals surface area contributed by atoms with Gasteiger partial charge in [-0.05, 0) is 23.5 Å². The normalized spacial score (nSPS) is 21.4. The summed E-state index contributed by atoms with van der Waals surface area (Å²) < 4.78 is 5.04. The minimum Gasteiger partial charge on any atom is -0.466 e. The van der Waals surface area contributed by atoms with Gasteiger partial charge < -0.3 is 4.74 Å². The zero-order valence-electron chi connectivity index (χ0n) is 10.9. The Labute approximate surface area is 102 Å². The molecule has 17 heavy (non-hydrogen) atoms. The molecule has 0 radical (unpaired) electrons. The summed E-state index contributed by atoms with van der Waals surface area (Å²) in [7, 11) is 1.48. The van der Waals surface area contributed by atoms with E-state index in [9.17, 15) is 4.79 Å². The second-order valence-electron chi connectivity index (χ2n) is 4.70. The molecule has 1 atom stereocenters. The zero-order valence-corrected chi connectivity index (χ0v) is 10.9. The summed E-state index contributed by atoms with van der Waals surface area (Å²) in [6, 6.07) is 0. The number of carbonyl (C=O) groups excluding carboxylic acids is 1. The molecule has 0 aromatic carbocycles. The molecule has 96 valence electrons. The molecule has 0 N–H and O–H groups in total. The number of rotatable bonds is 5. The molecule has 1 rings (SSSR count). The molecule has 1 saturated carbocycles. The molecule has 0 bridgehead atoms. The van der Waals surface area contributed by atoms with Gasteiger partial charge in [-0.2, -0.15) is 0 Å². The first-order valence-electron chi connectivity index (χ1n) is 5.72. The molecule has 4 heteroatoms. The molecule has 1 aliphatic carbocycles. The fourth-order valence-corrected chi connectivity index (χ4v) is 1.88. The van der Waals surface area contributed by atoms with Crippen LogP contribution in [0.3, 0.4) is 0 Å². The predicted octanol–water partition coefficient (Wildman–Crippen LogP) is 2.26. The summed E-state index contributed by atoms with van der Waals surface area (Å²) in [6.07, 6.45) is 2.73. The highest BCUT2D eigenvalue weighted by Crippen LogP contribution is 2.50. The van der Waals surface area contributed by atoms with Gasteiger partial charge in [0.2, 0.25) is 0 Å². The van der Waals surface area contributed by atoms with Crippen LogP contribution in [-0.2, 0) is 19.3 Å². The van der Waals surface area contributed by atoms with Crippen LogP contribution in [0.15, 0.2) is 17.4 Å². The maximum atomic E-state index is 10.7. The molecule has 1 fully saturated rings. The molecule has 4 nitrogen and oxygen atoms in total. The second-order valence-corrected chi connectivity index (χ2v) is 4.70. The second kappa shape index (κ2) is 6.01. The fraction of sp³-hybridized carbons (Fsp3) is 0.692. The highest BCUT2D eigenvalue weighted by molar-refractivity contribution is 5.65. The third kappa shape index (κ3) is 3.70. The first kappa shape index (κ1) is 14.0. The van der Waals surface area contributed by atoms with Crippen molar-refractivity contribution in [3.63, 3.8) is 0 Å². The van der Waals surface area contributed by atoms with Crippen LogP contribution in [0.1, 0.15) is 27.2 Å². The van der Waals surface area contributed by atoms with Crippen molar-refractivity contribution in [2.75, 3.05) is 20.3 Å². The van der Waals surface area contributed by atoms with Gasteiger partial charge in [-0.1, -0.05) is 13.8 Å². The van der Waals surface area contributed by atoms with Crippen molar-refractivity contribution in [1.29, 1.82) is 0 Å². The molecule has 0 amide bonds. The number of ether oxygens (including phenoxy) is 1.